The topological polar surface area (TPSA) is 92.1 Å². The molecule has 0 aliphatic carbocycles. The van der Waals surface area contributed by atoms with Crippen molar-refractivity contribution >= 4 is 12.0 Å². The molecule has 1 aliphatic rings. The van der Waals surface area contributed by atoms with Crippen molar-refractivity contribution in [2.24, 2.45) is 5.41 Å². The first-order valence-corrected chi connectivity index (χ1v) is 12.8. The molecule has 0 spiro atoms. The minimum Gasteiger partial charge on any atom is -0.444 e. The Bertz CT molecular complexity index is 1200. The largest absolute Gasteiger partial charge is 0.444 e. The van der Waals surface area contributed by atoms with Crippen LogP contribution in [0.25, 0.3) is 11.1 Å². The number of rotatable bonds is 5. The Balaban J connectivity index is 1.98. The number of nitrogens with zero attached hydrogens (tertiary/aromatic N) is 3. The Morgan fingerprint density at radius 1 is 1.16 bits per heavy atom. The highest BCUT2D eigenvalue weighted by molar-refractivity contribution is 6.00. The summed E-state index contributed by atoms with van der Waals surface area (Å²) in [5.41, 5.74) is -1.21. The molecular weight excluding hydrogens is 470 g/mol. The Labute approximate surface area is 219 Å². The molecule has 1 saturated heterocycles. The highest BCUT2D eigenvalue weighted by Crippen LogP contribution is 2.40. The standard InChI is InChI=1S/C29H41N3O5/c1-20(2)30(8)25(34)23-17-32(24(33)16-22(23)21-12-10-9-11-13-21)19-29(36)14-15-31(18-28(29,6)7)26(35)37-27(3,4)5/h9-13,16-17,20,36H,14-15,18-19H2,1-8H3/t29-/m0/s1. The molecule has 3 rings (SSSR count). The van der Waals surface area contributed by atoms with Crippen molar-refractivity contribution in [3.63, 3.8) is 0 Å². The van der Waals surface area contributed by atoms with Gasteiger partial charge in [-0.3, -0.25) is 9.59 Å². The summed E-state index contributed by atoms with van der Waals surface area (Å²) in [7, 11) is 1.74. The number of aliphatic hydroxyl groups is 1. The van der Waals surface area contributed by atoms with Crippen LogP contribution in [0.3, 0.4) is 0 Å². The van der Waals surface area contributed by atoms with Crippen LogP contribution in [0, 0.1) is 5.41 Å². The van der Waals surface area contributed by atoms with Crippen molar-refractivity contribution in [3.05, 3.63) is 58.5 Å². The molecule has 1 aromatic carbocycles. The summed E-state index contributed by atoms with van der Waals surface area (Å²) in [4.78, 5) is 42.7. The third-order valence-corrected chi connectivity index (χ3v) is 7.26. The highest BCUT2D eigenvalue weighted by atomic mass is 16.6. The SMILES string of the molecule is CC(C)N(C)C(=O)c1cn(C[C@@]2(O)CCN(C(=O)OC(C)(C)C)CC2(C)C)c(=O)cc1-c1ccccc1. The van der Waals surface area contributed by atoms with Crippen LogP contribution < -0.4 is 5.56 Å². The van der Waals surface area contributed by atoms with E-state index in [9.17, 15) is 19.5 Å². The van der Waals surface area contributed by atoms with E-state index in [4.69, 9.17) is 4.74 Å². The summed E-state index contributed by atoms with van der Waals surface area (Å²) in [6.07, 6.45) is 1.41. The molecule has 0 unspecified atom stereocenters. The lowest BCUT2D eigenvalue weighted by atomic mass is 9.70. The predicted molar refractivity (Wildman–Crippen MR) is 145 cm³/mol. The van der Waals surface area contributed by atoms with Gasteiger partial charge in [-0.2, -0.15) is 0 Å². The Kier molecular flexibility index (Phi) is 7.94. The van der Waals surface area contributed by atoms with Gasteiger partial charge in [0.1, 0.15) is 5.60 Å². The highest BCUT2D eigenvalue weighted by Gasteiger charge is 2.49. The maximum Gasteiger partial charge on any atom is 0.410 e. The van der Waals surface area contributed by atoms with Crippen LogP contribution in [0.2, 0.25) is 0 Å². The van der Waals surface area contributed by atoms with Crippen LogP contribution in [-0.4, -0.2) is 68.9 Å². The van der Waals surface area contributed by atoms with E-state index in [1.165, 1.54) is 10.6 Å². The second-order valence-electron chi connectivity index (χ2n) is 12.0. The number of ether oxygens (including phenoxy) is 1. The molecule has 2 amide bonds. The van der Waals surface area contributed by atoms with E-state index in [0.29, 0.717) is 17.7 Å². The number of benzene rings is 1. The van der Waals surface area contributed by atoms with Crippen molar-refractivity contribution in [3.8, 4) is 11.1 Å². The number of amides is 2. The first-order chi connectivity index (χ1) is 17.0. The number of hydrogen-bond donors (Lipinski definition) is 1. The van der Waals surface area contributed by atoms with Gasteiger partial charge in [-0.05, 0) is 46.6 Å². The molecule has 1 aliphatic heterocycles. The van der Waals surface area contributed by atoms with Gasteiger partial charge < -0.3 is 24.2 Å². The molecule has 0 bridgehead atoms. The van der Waals surface area contributed by atoms with E-state index >= 15 is 0 Å². The van der Waals surface area contributed by atoms with Crippen LogP contribution >= 0.6 is 0 Å². The molecule has 202 valence electrons. The summed E-state index contributed by atoms with van der Waals surface area (Å²) in [6.45, 7) is 13.6. The van der Waals surface area contributed by atoms with E-state index in [1.54, 1.807) is 23.0 Å². The summed E-state index contributed by atoms with van der Waals surface area (Å²) in [6, 6.07) is 10.8. The zero-order chi connectivity index (χ0) is 27.8. The maximum atomic E-state index is 13.5. The summed E-state index contributed by atoms with van der Waals surface area (Å²) < 4.78 is 6.95. The molecule has 8 heteroatoms. The van der Waals surface area contributed by atoms with Crippen LogP contribution in [0.1, 0.15) is 65.2 Å². The van der Waals surface area contributed by atoms with E-state index in [-0.39, 0.29) is 37.0 Å². The summed E-state index contributed by atoms with van der Waals surface area (Å²) in [5.74, 6) is -0.200. The third kappa shape index (κ3) is 6.24. The maximum absolute atomic E-state index is 13.5. The number of carbonyl (C=O) groups is 2. The lowest BCUT2D eigenvalue weighted by molar-refractivity contribution is -0.126. The molecule has 1 N–H and O–H groups in total. The zero-order valence-electron chi connectivity index (χ0n) is 23.4. The van der Waals surface area contributed by atoms with Gasteiger partial charge in [0, 0.05) is 49.4 Å². The average molecular weight is 512 g/mol. The summed E-state index contributed by atoms with van der Waals surface area (Å²) in [5, 5.41) is 11.8. The molecule has 8 nitrogen and oxygen atoms in total. The molecule has 0 saturated carbocycles. The van der Waals surface area contributed by atoms with Crippen LogP contribution in [-0.2, 0) is 11.3 Å². The van der Waals surface area contributed by atoms with Crippen molar-refractivity contribution in [2.75, 3.05) is 20.1 Å². The number of hydrogen-bond acceptors (Lipinski definition) is 5. The van der Waals surface area contributed by atoms with Crippen LogP contribution in [0.5, 0.6) is 0 Å². The molecule has 37 heavy (non-hydrogen) atoms. The minimum atomic E-state index is -1.28. The second-order valence-corrected chi connectivity index (χ2v) is 12.0. The van der Waals surface area contributed by atoms with Gasteiger partial charge in [0.2, 0.25) is 0 Å². The van der Waals surface area contributed by atoms with Crippen molar-refractivity contribution in [1.82, 2.24) is 14.4 Å². The third-order valence-electron chi connectivity index (χ3n) is 7.26. The number of aromatic nitrogens is 1. The van der Waals surface area contributed by atoms with Gasteiger partial charge in [-0.25, -0.2) is 4.79 Å². The van der Waals surface area contributed by atoms with Crippen molar-refractivity contribution < 1.29 is 19.4 Å². The molecule has 0 radical (unpaired) electrons. The molecule has 1 aromatic heterocycles. The fourth-order valence-electron chi connectivity index (χ4n) is 4.57. The van der Waals surface area contributed by atoms with E-state index < -0.39 is 22.7 Å². The average Bonchev–Trinajstić information content (AvgIpc) is 2.80. The lowest BCUT2D eigenvalue weighted by Crippen LogP contribution is -2.61. The Hall–Kier alpha value is -3.13. The molecule has 2 heterocycles. The minimum absolute atomic E-state index is 0.00172. The van der Waals surface area contributed by atoms with E-state index in [1.807, 2.05) is 78.8 Å². The van der Waals surface area contributed by atoms with Gasteiger partial charge in [0.05, 0.1) is 17.7 Å². The van der Waals surface area contributed by atoms with E-state index in [0.717, 1.165) is 5.56 Å². The van der Waals surface area contributed by atoms with Crippen LogP contribution in [0.4, 0.5) is 4.79 Å². The number of piperidine rings is 1. The monoisotopic (exact) mass is 511 g/mol. The quantitative estimate of drug-likeness (QED) is 0.643. The predicted octanol–water partition coefficient (Wildman–Crippen LogP) is 4.39. The Morgan fingerprint density at radius 2 is 1.78 bits per heavy atom. The summed E-state index contributed by atoms with van der Waals surface area (Å²) >= 11 is 0. The van der Waals surface area contributed by atoms with Crippen LogP contribution in [0.15, 0.2) is 47.4 Å². The van der Waals surface area contributed by atoms with Crippen molar-refractivity contribution in [1.29, 1.82) is 0 Å². The van der Waals surface area contributed by atoms with Gasteiger partial charge in [0.25, 0.3) is 11.5 Å². The lowest BCUT2D eigenvalue weighted by Gasteiger charge is -2.50. The molecule has 1 atom stereocenters. The second kappa shape index (κ2) is 10.3. The van der Waals surface area contributed by atoms with Gasteiger partial charge in [0.15, 0.2) is 0 Å². The molecule has 1 fully saturated rings. The van der Waals surface area contributed by atoms with E-state index in [2.05, 4.69) is 0 Å². The fourth-order valence-corrected chi connectivity index (χ4v) is 4.57. The molecular formula is C29H41N3O5. The molecule has 2 aromatic rings. The fraction of sp³-hybridized carbons (Fsp3) is 0.552. The number of carbonyl (C=O) groups excluding carboxylic acids is 2. The van der Waals surface area contributed by atoms with Gasteiger partial charge in [-0.1, -0.05) is 44.2 Å². The van der Waals surface area contributed by atoms with Crippen molar-refractivity contribution in [2.45, 2.75) is 78.7 Å². The zero-order valence-corrected chi connectivity index (χ0v) is 23.4. The normalized spacial score (nSPS) is 19.6. The first kappa shape index (κ1) is 28.4. The number of likely N-dealkylation sites (tertiary alicyclic amines) is 1. The Morgan fingerprint density at radius 3 is 2.32 bits per heavy atom. The first-order valence-electron chi connectivity index (χ1n) is 12.8. The smallest absolute Gasteiger partial charge is 0.410 e. The van der Waals surface area contributed by atoms with Gasteiger partial charge in [-0.15, -0.1) is 0 Å². The van der Waals surface area contributed by atoms with Gasteiger partial charge >= 0.3 is 6.09 Å². The number of pyridine rings is 1.